The number of thiophene rings is 1. The predicted molar refractivity (Wildman–Crippen MR) is 74.4 cm³/mol. The van der Waals surface area contributed by atoms with Crippen LogP contribution in [0.4, 0.5) is 0 Å². The first-order valence-corrected chi connectivity index (χ1v) is 7.20. The number of halogens is 2. The Morgan fingerprint density at radius 3 is 3.00 bits per heavy atom. The van der Waals surface area contributed by atoms with Crippen LogP contribution >= 0.6 is 62.5 Å². The van der Waals surface area contributed by atoms with Gasteiger partial charge in [-0.2, -0.15) is 0 Å². The van der Waals surface area contributed by atoms with Crippen molar-refractivity contribution >= 4 is 72.6 Å². The van der Waals surface area contributed by atoms with Gasteiger partial charge >= 0.3 is 0 Å². The van der Waals surface area contributed by atoms with Crippen LogP contribution in [-0.2, 0) is 5.33 Å². The topological polar surface area (TPSA) is 0 Å². The number of thiol groups is 1. The van der Waals surface area contributed by atoms with Crippen molar-refractivity contribution in [1.29, 1.82) is 0 Å². The lowest BCUT2D eigenvalue weighted by atomic mass is 10.2. The normalized spacial score (nSPS) is 11.0. The molecule has 0 aliphatic carbocycles. The van der Waals surface area contributed by atoms with Crippen LogP contribution in [0.3, 0.4) is 0 Å². The Kier molecular flexibility index (Phi) is 3.22. The summed E-state index contributed by atoms with van der Waals surface area (Å²) >= 11 is 12.1. The molecule has 1 heterocycles. The highest BCUT2D eigenvalue weighted by Gasteiger charge is 2.08. The molecule has 13 heavy (non-hydrogen) atoms. The molecule has 0 amide bonds. The molecule has 0 radical (unpaired) electrons. The second kappa shape index (κ2) is 4.08. The number of alkyl halides is 1. The third kappa shape index (κ3) is 1.78. The molecule has 0 bridgehead atoms. The first kappa shape index (κ1) is 10.3. The number of benzene rings is 1. The van der Waals surface area contributed by atoms with E-state index in [1.807, 2.05) is 0 Å². The van der Waals surface area contributed by atoms with Gasteiger partial charge in [-0.05, 0) is 45.7 Å². The fourth-order valence-electron chi connectivity index (χ4n) is 1.26. The maximum absolute atomic E-state index is 4.47. The fraction of sp³-hybridized carbons (Fsp3) is 0.111. The van der Waals surface area contributed by atoms with Gasteiger partial charge in [-0.3, -0.25) is 0 Å². The van der Waals surface area contributed by atoms with Crippen LogP contribution in [0.15, 0.2) is 22.4 Å². The Hall–Kier alpha value is 0.740. The standard InChI is InChI=1S/C9H6BrIS2/c10-4-6-8(12)3-7(11)5-1-2-13-9(5)6/h1-3,12H,4H2. The van der Waals surface area contributed by atoms with E-state index in [4.69, 9.17) is 0 Å². The van der Waals surface area contributed by atoms with Crippen molar-refractivity contribution < 1.29 is 0 Å². The van der Waals surface area contributed by atoms with Crippen LogP contribution in [0.2, 0.25) is 0 Å². The minimum atomic E-state index is 0.875. The van der Waals surface area contributed by atoms with Crippen molar-refractivity contribution in [3.8, 4) is 0 Å². The molecule has 0 saturated carbocycles. The van der Waals surface area contributed by atoms with Crippen LogP contribution in [0.5, 0.6) is 0 Å². The molecule has 0 N–H and O–H groups in total. The summed E-state index contributed by atoms with van der Waals surface area (Å²) in [5.41, 5.74) is 1.30. The number of hydrogen-bond acceptors (Lipinski definition) is 2. The zero-order valence-electron chi connectivity index (χ0n) is 6.55. The van der Waals surface area contributed by atoms with E-state index in [0.29, 0.717) is 0 Å². The van der Waals surface area contributed by atoms with Crippen molar-refractivity contribution in [3.05, 3.63) is 26.6 Å². The SMILES string of the molecule is Sc1cc(I)c2ccsc2c1CBr. The van der Waals surface area contributed by atoms with E-state index >= 15 is 0 Å². The number of rotatable bonds is 1. The first-order valence-electron chi connectivity index (χ1n) is 3.67. The van der Waals surface area contributed by atoms with Crippen LogP contribution in [0.25, 0.3) is 10.1 Å². The summed E-state index contributed by atoms with van der Waals surface area (Å²) in [4.78, 5) is 1.08. The number of fused-ring (bicyclic) bond motifs is 1. The second-order valence-electron chi connectivity index (χ2n) is 2.65. The van der Waals surface area contributed by atoms with Crippen molar-refractivity contribution in [1.82, 2.24) is 0 Å². The molecule has 0 unspecified atom stereocenters. The van der Waals surface area contributed by atoms with E-state index in [1.165, 1.54) is 19.2 Å². The third-order valence-corrected chi connectivity index (χ3v) is 4.73. The van der Waals surface area contributed by atoms with Crippen LogP contribution in [0.1, 0.15) is 5.56 Å². The van der Waals surface area contributed by atoms with Gasteiger partial charge in [0.25, 0.3) is 0 Å². The largest absolute Gasteiger partial charge is 0.143 e. The van der Waals surface area contributed by atoms with Gasteiger partial charge in [0, 0.05) is 23.9 Å². The summed E-state index contributed by atoms with van der Waals surface area (Å²) < 4.78 is 2.64. The molecular weight excluding hydrogens is 379 g/mol. The minimum Gasteiger partial charge on any atom is -0.143 e. The van der Waals surface area contributed by atoms with E-state index in [-0.39, 0.29) is 0 Å². The van der Waals surface area contributed by atoms with Crippen molar-refractivity contribution in [3.63, 3.8) is 0 Å². The Labute approximate surface area is 108 Å². The molecule has 0 saturated heterocycles. The quantitative estimate of drug-likeness (QED) is 0.411. The van der Waals surface area contributed by atoms with Gasteiger partial charge in [0.1, 0.15) is 0 Å². The highest BCUT2D eigenvalue weighted by Crippen LogP contribution is 2.34. The first-order chi connectivity index (χ1) is 6.24. The summed E-state index contributed by atoms with van der Waals surface area (Å²) in [5.74, 6) is 0. The Bertz CT molecular complexity index is 450. The van der Waals surface area contributed by atoms with E-state index in [1.54, 1.807) is 11.3 Å². The molecule has 1 aromatic carbocycles. The summed E-state index contributed by atoms with van der Waals surface area (Å²) in [7, 11) is 0. The van der Waals surface area contributed by atoms with Gasteiger partial charge in [-0.25, -0.2) is 0 Å². The average Bonchev–Trinajstić information content (AvgIpc) is 2.53. The summed E-state index contributed by atoms with van der Waals surface area (Å²) in [6, 6.07) is 4.29. The molecule has 2 aromatic rings. The molecule has 1 aromatic heterocycles. The minimum absolute atomic E-state index is 0.875. The van der Waals surface area contributed by atoms with E-state index in [0.717, 1.165) is 10.2 Å². The molecule has 0 spiro atoms. The molecular formula is C9H6BrIS2. The average molecular weight is 385 g/mol. The highest BCUT2D eigenvalue weighted by molar-refractivity contribution is 14.1. The van der Waals surface area contributed by atoms with Gasteiger partial charge < -0.3 is 0 Å². The highest BCUT2D eigenvalue weighted by atomic mass is 127. The number of hydrogen-bond donors (Lipinski definition) is 1. The lowest BCUT2D eigenvalue weighted by Crippen LogP contribution is -1.83. The smallest absolute Gasteiger partial charge is 0.0404 e. The van der Waals surface area contributed by atoms with Gasteiger partial charge in [0.05, 0.1) is 0 Å². The lowest BCUT2D eigenvalue weighted by Gasteiger charge is -2.04. The molecule has 68 valence electrons. The van der Waals surface area contributed by atoms with E-state index in [9.17, 15) is 0 Å². The maximum atomic E-state index is 4.47. The van der Waals surface area contributed by atoms with Gasteiger partial charge in [-0.1, -0.05) is 15.9 Å². The van der Waals surface area contributed by atoms with Crippen LogP contribution in [-0.4, -0.2) is 0 Å². The lowest BCUT2D eigenvalue weighted by molar-refractivity contribution is 1.33. The Balaban J connectivity index is 2.88. The third-order valence-electron chi connectivity index (χ3n) is 1.90. The monoisotopic (exact) mass is 384 g/mol. The molecule has 0 atom stereocenters. The van der Waals surface area contributed by atoms with E-state index < -0.39 is 0 Å². The Morgan fingerprint density at radius 1 is 1.54 bits per heavy atom. The fourth-order valence-corrected chi connectivity index (χ4v) is 4.80. The van der Waals surface area contributed by atoms with Crippen molar-refractivity contribution in [2.45, 2.75) is 10.2 Å². The summed E-state index contributed by atoms with van der Waals surface area (Å²) in [5, 5.41) is 4.35. The van der Waals surface area contributed by atoms with Crippen molar-refractivity contribution in [2.75, 3.05) is 0 Å². The molecule has 0 fully saturated rings. The van der Waals surface area contributed by atoms with E-state index in [2.05, 4.69) is 68.7 Å². The summed E-state index contributed by atoms with van der Waals surface area (Å²) in [6.45, 7) is 0. The Morgan fingerprint density at radius 2 is 2.31 bits per heavy atom. The van der Waals surface area contributed by atoms with Crippen molar-refractivity contribution in [2.24, 2.45) is 0 Å². The van der Waals surface area contributed by atoms with Gasteiger partial charge in [-0.15, -0.1) is 24.0 Å². The summed E-state index contributed by atoms with van der Waals surface area (Å²) in [6.07, 6.45) is 0. The zero-order valence-corrected chi connectivity index (χ0v) is 12.0. The molecule has 0 nitrogen and oxygen atoms in total. The van der Waals surface area contributed by atoms with Gasteiger partial charge in [0.2, 0.25) is 0 Å². The molecule has 2 rings (SSSR count). The molecule has 4 heteroatoms. The maximum Gasteiger partial charge on any atom is 0.0404 e. The predicted octanol–water partition coefficient (Wildman–Crippen LogP) is 4.69. The van der Waals surface area contributed by atoms with Crippen LogP contribution < -0.4 is 0 Å². The van der Waals surface area contributed by atoms with Crippen LogP contribution in [0, 0.1) is 3.57 Å². The zero-order chi connectivity index (χ0) is 9.42. The molecule has 0 aliphatic heterocycles. The second-order valence-corrected chi connectivity index (χ2v) is 5.77. The molecule has 0 aliphatic rings. The van der Waals surface area contributed by atoms with Gasteiger partial charge in [0.15, 0.2) is 0 Å².